The van der Waals surface area contributed by atoms with Crippen LogP contribution in [0.4, 0.5) is 17.2 Å². The molecule has 2 aromatic rings. The van der Waals surface area contributed by atoms with Crippen LogP contribution in [0.2, 0.25) is 0 Å². The van der Waals surface area contributed by atoms with Crippen molar-refractivity contribution in [2.75, 3.05) is 61.8 Å². The van der Waals surface area contributed by atoms with Crippen LogP contribution in [0.25, 0.3) is 0 Å². The first-order chi connectivity index (χ1) is 18.0. The zero-order chi connectivity index (χ0) is 25.5. The number of amides is 1. The minimum Gasteiger partial charge on any atom is -0.482 e. The van der Waals surface area contributed by atoms with Crippen LogP contribution in [0.15, 0.2) is 31.0 Å². The molecule has 1 atom stereocenters. The lowest BCUT2D eigenvalue weighted by Gasteiger charge is -2.47. The van der Waals surface area contributed by atoms with Crippen molar-refractivity contribution in [2.24, 2.45) is 0 Å². The first kappa shape index (κ1) is 24.6. The van der Waals surface area contributed by atoms with Gasteiger partial charge in [0.1, 0.15) is 11.9 Å². The number of anilines is 3. The van der Waals surface area contributed by atoms with E-state index in [0.717, 1.165) is 94.9 Å². The van der Waals surface area contributed by atoms with Crippen LogP contribution in [0.1, 0.15) is 48.7 Å². The Balaban J connectivity index is 1.18. The molecule has 196 valence electrons. The van der Waals surface area contributed by atoms with E-state index in [1.165, 1.54) is 24.1 Å². The minimum atomic E-state index is -0.110. The lowest BCUT2D eigenvalue weighted by atomic mass is 9.90. The number of hydrogen-bond donors (Lipinski definition) is 1. The first-order valence-electron chi connectivity index (χ1n) is 13.6. The summed E-state index contributed by atoms with van der Waals surface area (Å²) in [7, 11) is 1.07. The molecule has 3 saturated heterocycles. The normalized spacial score (nSPS) is 22.7. The summed E-state index contributed by atoms with van der Waals surface area (Å²) in [6, 6.07) is 4.86. The number of aryl methyl sites for hydroxylation is 1. The Morgan fingerprint density at radius 2 is 1.97 bits per heavy atom. The molecule has 0 aliphatic carbocycles. The molecular formula is C28H37N6O2P. The smallest absolute Gasteiger partial charge is 0.245 e. The van der Waals surface area contributed by atoms with E-state index in [-0.39, 0.29) is 12.0 Å². The van der Waals surface area contributed by atoms with Gasteiger partial charge in [-0.2, -0.15) is 0 Å². The van der Waals surface area contributed by atoms with E-state index >= 15 is 0 Å². The number of pyridine rings is 2. The van der Waals surface area contributed by atoms with Crippen LogP contribution in [-0.2, 0) is 4.79 Å². The second kappa shape index (κ2) is 10.2. The zero-order valence-corrected chi connectivity index (χ0v) is 22.9. The van der Waals surface area contributed by atoms with Crippen molar-refractivity contribution in [3.8, 4) is 5.75 Å². The third kappa shape index (κ3) is 4.70. The molecule has 0 unspecified atom stereocenters. The largest absolute Gasteiger partial charge is 0.482 e. The molecule has 0 radical (unpaired) electrons. The molecule has 0 spiro atoms. The van der Waals surface area contributed by atoms with E-state index in [1.54, 1.807) is 0 Å². The molecule has 9 heteroatoms. The molecule has 0 bridgehead atoms. The Hall–Kier alpha value is -2.70. The number of hydrogen-bond acceptors (Lipinski definition) is 7. The highest BCUT2D eigenvalue weighted by molar-refractivity contribution is 7.38. The molecule has 1 amide bonds. The average Bonchev–Trinajstić information content (AvgIpc) is 3.04. The van der Waals surface area contributed by atoms with Gasteiger partial charge >= 0.3 is 0 Å². The predicted molar refractivity (Wildman–Crippen MR) is 150 cm³/mol. The number of nitrogens with one attached hydrogen (secondary N) is 1. The van der Waals surface area contributed by atoms with Crippen molar-refractivity contribution in [2.45, 2.75) is 44.8 Å². The summed E-state index contributed by atoms with van der Waals surface area (Å²) in [6.07, 6.45) is 7.81. The molecule has 1 N–H and O–H groups in total. The van der Waals surface area contributed by atoms with Crippen molar-refractivity contribution >= 4 is 31.7 Å². The Morgan fingerprint density at radius 3 is 2.70 bits per heavy atom. The highest BCUT2D eigenvalue weighted by atomic mass is 31.1. The maximum atomic E-state index is 11.9. The summed E-state index contributed by atoms with van der Waals surface area (Å²) in [5.41, 5.74) is 5.39. The van der Waals surface area contributed by atoms with Gasteiger partial charge in [-0.05, 0) is 57.2 Å². The highest BCUT2D eigenvalue weighted by Crippen LogP contribution is 2.44. The van der Waals surface area contributed by atoms with Gasteiger partial charge in [-0.15, -0.1) is 8.58 Å². The van der Waals surface area contributed by atoms with E-state index in [2.05, 4.69) is 47.7 Å². The van der Waals surface area contributed by atoms with Crippen LogP contribution in [0.5, 0.6) is 5.75 Å². The minimum absolute atomic E-state index is 0.0491. The molecular weight excluding hydrogens is 483 g/mol. The van der Waals surface area contributed by atoms with E-state index in [4.69, 9.17) is 14.7 Å². The van der Waals surface area contributed by atoms with E-state index in [0.29, 0.717) is 12.0 Å². The van der Waals surface area contributed by atoms with Gasteiger partial charge in [0.15, 0.2) is 5.75 Å². The number of ether oxygens (including phenoxy) is 1. The van der Waals surface area contributed by atoms with E-state index in [9.17, 15) is 4.79 Å². The van der Waals surface area contributed by atoms with Gasteiger partial charge in [0.05, 0.1) is 16.9 Å². The molecule has 6 heterocycles. The number of piperidine rings is 1. The van der Waals surface area contributed by atoms with Gasteiger partial charge in [0, 0.05) is 68.8 Å². The summed E-state index contributed by atoms with van der Waals surface area (Å²) >= 11 is 0. The lowest BCUT2D eigenvalue weighted by molar-refractivity contribution is -0.127. The lowest BCUT2D eigenvalue weighted by Crippen LogP contribution is -2.54. The Kier molecular flexibility index (Phi) is 6.80. The fraction of sp³-hybridized carbons (Fsp3) is 0.536. The number of fused-ring (bicyclic) bond motifs is 2. The van der Waals surface area contributed by atoms with Gasteiger partial charge in [-0.25, -0.2) is 4.98 Å². The molecule has 8 nitrogen and oxygen atoms in total. The quantitative estimate of drug-likeness (QED) is 0.482. The number of rotatable bonds is 4. The van der Waals surface area contributed by atoms with Crippen molar-refractivity contribution in [1.82, 2.24) is 19.8 Å². The molecule has 4 aliphatic rings. The summed E-state index contributed by atoms with van der Waals surface area (Å²) in [4.78, 5) is 28.6. The monoisotopic (exact) mass is 520 g/mol. The molecule has 0 aromatic carbocycles. The Morgan fingerprint density at radius 1 is 1.22 bits per heavy atom. The molecule has 6 rings (SSSR count). The maximum Gasteiger partial charge on any atom is 0.245 e. The second-order valence-corrected chi connectivity index (χ2v) is 12.1. The summed E-state index contributed by atoms with van der Waals surface area (Å²) in [6.45, 7) is 13.6. The number of aromatic nitrogens is 2. The summed E-state index contributed by atoms with van der Waals surface area (Å²) in [5, 5.41) is 3.63. The van der Waals surface area contributed by atoms with E-state index < -0.39 is 0 Å². The van der Waals surface area contributed by atoms with Gasteiger partial charge in [-0.3, -0.25) is 14.7 Å². The van der Waals surface area contributed by atoms with Crippen molar-refractivity contribution in [3.63, 3.8) is 0 Å². The van der Waals surface area contributed by atoms with Gasteiger partial charge in [-0.1, -0.05) is 6.58 Å². The van der Waals surface area contributed by atoms with Gasteiger partial charge < -0.3 is 19.9 Å². The fourth-order valence-corrected chi connectivity index (χ4v) is 7.33. The van der Waals surface area contributed by atoms with Crippen LogP contribution in [0.3, 0.4) is 0 Å². The first-order valence-corrected chi connectivity index (χ1v) is 15.0. The fourth-order valence-electron chi connectivity index (χ4n) is 6.22. The Labute approximate surface area is 221 Å². The molecule has 2 aromatic heterocycles. The number of carbonyl (C=O) groups is 1. The zero-order valence-electron chi connectivity index (χ0n) is 21.9. The van der Waals surface area contributed by atoms with Crippen LogP contribution in [-0.4, -0.2) is 83.3 Å². The highest BCUT2D eigenvalue weighted by Gasteiger charge is 2.37. The van der Waals surface area contributed by atoms with Crippen molar-refractivity contribution in [3.05, 3.63) is 47.9 Å². The SMILES string of the molecule is C=CC(=O)N1CCC(N2CC(c3cc4c(c(C)n3)O[C@@H](C)c3c(N5CCPCC5)ccnc3N4)C2)CC1. The van der Waals surface area contributed by atoms with Gasteiger partial charge in [0.2, 0.25) is 5.91 Å². The maximum absolute atomic E-state index is 11.9. The van der Waals surface area contributed by atoms with Crippen molar-refractivity contribution < 1.29 is 9.53 Å². The van der Waals surface area contributed by atoms with Gasteiger partial charge in [0.25, 0.3) is 0 Å². The van der Waals surface area contributed by atoms with E-state index in [1.807, 2.05) is 11.1 Å². The standard InChI is InChI=1S/C28H37N6O2P/c1-4-25(35)33-9-6-21(7-10-33)34-16-20(17-34)22-15-23-27(18(2)30-22)36-19(3)26-24(5-8-29-28(26)31-23)32-11-13-37-14-12-32/h4-5,8,15,19-21,37H,1,6-7,9-14,16-17H2,2-3H3,(H,29,31)/t19-/m0/s1. The molecule has 3 fully saturated rings. The third-order valence-electron chi connectivity index (χ3n) is 8.34. The third-order valence-corrected chi connectivity index (χ3v) is 9.49. The van der Waals surface area contributed by atoms with Crippen molar-refractivity contribution in [1.29, 1.82) is 0 Å². The summed E-state index contributed by atoms with van der Waals surface area (Å²) < 4.78 is 6.55. The topological polar surface area (TPSA) is 73.8 Å². The number of likely N-dealkylation sites (tertiary alicyclic amines) is 2. The molecule has 4 aliphatic heterocycles. The van der Waals surface area contributed by atoms with Crippen LogP contribution in [0, 0.1) is 6.92 Å². The van der Waals surface area contributed by atoms with Crippen LogP contribution >= 0.6 is 8.58 Å². The second-order valence-electron chi connectivity index (χ2n) is 10.6. The number of carbonyl (C=O) groups excluding carboxylic acids is 1. The summed E-state index contributed by atoms with van der Waals surface area (Å²) in [5.74, 6) is 2.18. The molecule has 0 saturated carbocycles. The van der Waals surface area contributed by atoms with Crippen LogP contribution < -0.4 is 15.0 Å². The average molecular weight is 521 g/mol. The molecule has 37 heavy (non-hydrogen) atoms. The predicted octanol–water partition coefficient (Wildman–Crippen LogP) is 4.06. The Bertz CT molecular complexity index is 1190. The number of nitrogens with zero attached hydrogens (tertiary/aromatic N) is 5.